The van der Waals surface area contributed by atoms with Crippen molar-refractivity contribution >= 4 is 23.3 Å². The second kappa shape index (κ2) is 7.79. The van der Waals surface area contributed by atoms with Gasteiger partial charge in [-0.05, 0) is 38.1 Å². The number of rotatable bonds is 3. The van der Waals surface area contributed by atoms with Crippen LogP contribution in [0.25, 0.3) is 5.82 Å². The first-order valence-electron chi connectivity index (χ1n) is 9.27. The summed E-state index contributed by atoms with van der Waals surface area (Å²) in [7, 11) is 0. The molecule has 0 aliphatic carbocycles. The van der Waals surface area contributed by atoms with Gasteiger partial charge >= 0.3 is 0 Å². The number of aromatic nitrogens is 4. The maximum Gasteiger partial charge on any atom is 0.255 e. The van der Waals surface area contributed by atoms with Crippen LogP contribution in [0.3, 0.4) is 0 Å². The molecule has 9 heteroatoms. The van der Waals surface area contributed by atoms with E-state index in [-0.39, 0.29) is 10.9 Å². The zero-order chi connectivity index (χ0) is 20.5. The van der Waals surface area contributed by atoms with Crippen LogP contribution in [-0.4, -0.2) is 56.7 Å². The number of benzene rings is 1. The molecule has 3 aromatic rings. The summed E-state index contributed by atoms with van der Waals surface area (Å²) in [5.74, 6) is 0.839. The van der Waals surface area contributed by atoms with E-state index in [4.69, 9.17) is 11.6 Å². The summed E-state index contributed by atoms with van der Waals surface area (Å²) < 4.78 is 15.0. The molecule has 1 fully saturated rings. The van der Waals surface area contributed by atoms with E-state index in [1.165, 1.54) is 18.5 Å². The maximum absolute atomic E-state index is 13.2. The van der Waals surface area contributed by atoms with Gasteiger partial charge in [0, 0.05) is 37.9 Å². The fourth-order valence-corrected chi connectivity index (χ4v) is 3.71. The maximum atomic E-state index is 13.2. The Bertz CT molecular complexity index is 1060. The molecule has 1 aromatic carbocycles. The first kappa shape index (κ1) is 19.3. The van der Waals surface area contributed by atoms with Crippen molar-refractivity contribution in [3.05, 3.63) is 64.5 Å². The molecule has 150 valence electrons. The molecule has 1 amide bonds. The van der Waals surface area contributed by atoms with Crippen LogP contribution in [0, 0.1) is 19.7 Å². The minimum atomic E-state index is -0.460. The lowest BCUT2D eigenvalue weighted by atomic mass is 10.1. The molecule has 0 unspecified atom stereocenters. The van der Waals surface area contributed by atoms with Crippen molar-refractivity contribution in [1.29, 1.82) is 0 Å². The Morgan fingerprint density at radius 1 is 1.03 bits per heavy atom. The molecule has 1 aliphatic rings. The van der Waals surface area contributed by atoms with E-state index in [2.05, 4.69) is 20.0 Å². The second-order valence-electron chi connectivity index (χ2n) is 6.98. The Labute approximate surface area is 172 Å². The van der Waals surface area contributed by atoms with Crippen molar-refractivity contribution in [2.45, 2.75) is 13.8 Å². The Kier molecular flexibility index (Phi) is 5.19. The standard InChI is InChI=1S/C20H20ClFN6O/c1-13-9-14(2)28(25-13)19-11-18(23-12-24-19)26-5-7-27(8-6-26)20(29)16-4-3-15(22)10-17(16)21/h3-4,9-12H,5-8H2,1-2H3. The van der Waals surface area contributed by atoms with E-state index in [0.717, 1.165) is 23.3 Å². The van der Waals surface area contributed by atoms with Crippen molar-refractivity contribution in [1.82, 2.24) is 24.6 Å². The molecular weight excluding hydrogens is 395 g/mol. The number of piperazine rings is 1. The lowest BCUT2D eigenvalue weighted by Gasteiger charge is -2.35. The Hall–Kier alpha value is -3.00. The van der Waals surface area contributed by atoms with Gasteiger partial charge in [0.05, 0.1) is 16.3 Å². The monoisotopic (exact) mass is 414 g/mol. The summed E-state index contributed by atoms with van der Waals surface area (Å²) in [6, 6.07) is 7.72. The largest absolute Gasteiger partial charge is 0.353 e. The average Bonchev–Trinajstić information content (AvgIpc) is 3.06. The zero-order valence-corrected chi connectivity index (χ0v) is 16.9. The number of amides is 1. The lowest BCUT2D eigenvalue weighted by molar-refractivity contribution is 0.0746. The molecule has 0 spiro atoms. The summed E-state index contributed by atoms with van der Waals surface area (Å²) >= 11 is 6.04. The van der Waals surface area contributed by atoms with Gasteiger partial charge in [-0.3, -0.25) is 4.79 Å². The minimum absolute atomic E-state index is 0.128. The summed E-state index contributed by atoms with van der Waals surface area (Å²) in [5.41, 5.74) is 2.24. The van der Waals surface area contributed by atoms with E-state index in [1.54, 1.807) is 9.58 Å². The van der Waals surface area contributed by atoms with Crippen LogP contribution in [0.2, 0.25) is 5.02 Å². The average molecular weight is 415 g/mol. The van der Waals surface area contributed by atoms with Crippen LogP contribution < -0.4 is 4.90 Å². The predicted molar refractivity (Wildman–Crippen MR) is 108 cm³/mol. The summed E-state index contributed by atoms with van der Waals surface area (Å²) in [6.45, 7) is 6.20. The molecule has 1 aliphatic heterocycles. The number of hydrogen-bond donors (Lipinski definition) is 0. The highest BCUT2D eigenvalue weighted by molar-refractivity contribution is 6.33. The highest BCUT2D eigenvalue weighted by atomic mass is 35.5. The Balaban J connectivity index is 1.47. The highest BCUT2D eigenvalue weighted by Crippen LogP contribution is 2.21. The van der Waals surface area contributed by atoms with Gasteiger partial charge < -0.3 is 9.80 Å². The first-order valence-corrected chi connectivity index (χ1v) is 9.65. The van der Waals surface area contributed by atoms with Crippen molar-refractivity contribution in [3.8, 4) is 5.82 Å². The van der Waals surface area contributed by atoms with Gasteiger partial charge in [0.15, 0.2) is 5.82 Å². The van der Waals surface area contributed by atoms with Gasteiger partial charge in [0.25, 0.3) is 5.91 Å². The number of anilines is 1. The van der Waals surface area contributed by atoms with Gasteiger partial charge in [-0.1, -0.05) is 11.6 Å². The molecule has 0 saturated carbocycles. The lowest BCUT2D eigenvalue weighted by Crippen LogP contribution is -2.49. The van der Waals surface area contributed by atoms with Gasteiger partial charge in [-0.25, -0.2) is 19.0 Å². The van der Waals surface area contributed by atoms with Crippen LogP contribution in [0.1, 0.15) is 21.7 Å². The number of carbonyl (C=O) groups is 1. The molecule has 7 nitrogen and oxygen atoms in total. The first-order chi connectivity index (χ1) is 13.9. The van der Waals surface area contributed by atoms with Crippen molar-refractivity contribution in [2.24, 2.45) is 0 Å². The van der Waals surface area contributed by atoms with Crippen LogP contribution in [0.5, 0.6) is 0 Å². The van der Waals surface area contributed by atoms with Crippen molar-refractivity contribution < 1.29 is 9.18 Å². The molecule has 0 N–H and O–H groups in total. The van der Waals surface area contributed by atoms with Gasteiger partial charge in [0.1, 0.15) is 18.0 Å². The van der Waals surface area contributed by atoms with E-state index in [0.29, 0.717) is 37.6 Å². The zero-order valence-electron chi connectivity index (χ0n) is 16.1. The number of carbonyl (C=O) groups excluding carboxylic acids is 1. The van der Waals surface area contributed by atoms with Gasteiger partial charge in [-0.15, -0.1) is 0 Å². The highest BCUT2D eigenvalue weighted by Gasteiger charge is 2.24. The van der Waals surface area contributed by atoms with Crippen molar-refractivity contribution in [3.63, 3.8) is 0 Å². The molecular formula is C20H20ClFN6O. The fourth-order valence-electron chi connectivity index (χ4n) is 3.46. The molecule has 0 bridgehead atoms. The fraction of sp³-hybridized carbons (Fsp3) is 0.300. The van der Waals surface area contributed by atoms with E-state index in [1.807, 2.05) is 26.0 Å². The van der Waals surface area contributed by atoms with E-state index < -0.39 is 5.82 Å². The third-order valence-corrected chi connectivity index (χ3v) is 5.23. The number of hydrogen-bond acceptors (Lipinski definition) is 5. The summed E-state index contributed by atoms with van der Waals surface area (Å²) in [5, 5.41) is 4.59. The van der Waals surface area contributed by atoms with Gasteiger partial charge in [-0.2, -0.15) is 5.10 Å². The molecule has 2 aromatic heterocycles. The third kappa shape index (κ3) is 3.93. The Morgan fingerprint density at radius 3 is 2.41 bits per heavy atom. The number of aryl methyl sites for hydroxylation is 2. The van der Waals surface area contributed by atoms with E-state index in [9.17, 15) is 9.18 Å². The molecule has 29 heavy (non-hydrogen) atoms. The van der Waals surface area contributed by atoms with Gasteiger partial charge in [0.2, 0.25) is 0 Å². The SMILES string of the molecule is Cc1cc(C)n(-c2cc(N3CCN(C(=O)c4ccc(F)cc4Cl)CC3)ncn2)n1. The van der Waals surface area contributed by atoms with Crippen LogP contribution in [0.15, 0.2) is 36.7 Å². The normalized spacial score (nSPS) is 14.3. The molecule has 0 radical (unpaired) electrons. The van der Waals surface area contributed by atoms with Crippen LogP contribution in [-0.2, 0) is 0 Å². The molecule has 3 heterocycles. The number of halogens is 2. The molecule has 0 atom stereocenters. The van der Waals surface area contributed by atoms with Crippen LogP contribution in [0.4, 0.5) is 10.2 Å². The molecule has 1 saturated heterocycles. The van der Waals surface area contributed by atoms with E-state index >= 15 is 0 Å². The molecule has 4 rings (SSSR count). The summed E-state index contributed by atoms with van der Waals surface area (Å²) in [4.78, 5) is 25.3. The number of nitrogens with zero attached hydrogens (tertiary/aromatic N) is 6. The second-order valence-corrected chi connectivity index (χ2v) is 7.38. The smallest absolute Gasteiger partial charge is 0.255 e. The predicted octanol–water partition coefficient (Wildman–Crippen LogP) is 3.03. The Morgan fingerprint density at radius 2 is 1.76 bits per heavy atom. The minimum Gasteiger partial charge on any atom is -0.353 e. The van der Waals surface area contributed by atoms with Crippen molar-refractivity contribution in [2.75, 3.05) is 31.1 Å². The third-order valence-electron chi connectivity index (χ3n) is 4.92. The quantitative estimate of drug-likeness (QED) is 0.659. The van der Waals surface area contributed by atoms with Crippen LogP contribution >= 0.6 is 11.6 Å². The summed E-state index contributed by atoms with van der Waals surface area (Å²) in [6.07, 6.45) is 1.52. The topological polar surface area (TPSA) is 67.2 Å².